The highest BCUT2D eigenvalue weighted by molar-refractivity contribution is 8.26. The molecule has 1 aliphatic rings. The molecule has 0 aliphatic carbocycles. The van der Waals surface area contributed by atoms with E-state index >= 15 is 0 Å². The third kappa shape index (κ3) is 7.04. The standard InChI is InChI=1S/C21H27NO5S2/c1-3-5-6-7-12-27-16-9-8-15(13-17(16)26-4-2)14-18-20(25)22(21(28)29-18)11-10-19(23)24/h8-9,13-14H,3-7,10-12H2,1-2H3,(H,23,24)/b18-14-. The van der Waals surface area contributed by atoms with Crippen LogP contribution in [0.1, 0.15) is 51.5 Å². The number of rotatable bonds is 12. The normalized spacial score (nSPS) is 15.2. The van der Waals surface area contributed by atoms with Crippen molar-refractivity contribution in [2.75, 3.05) is 19.8 Å². The second-order valence-electron chi connectivity index (χ2n) is 6.53. The minimum atomic E-state index is -0.963. The second kappa shape index (κ2) is 11.8. The highest BCUT2D eigenvalue weighted by atomic mass is 32.2. The smallest absolute Gasteiger partial charge is 0.305 e. The summed E-state index contributed by atoms with van der Waals surface area (Å²) in [4.78, 5) is 25.1. The quantitative estimate of drug-likeness (QED) is 0.288. The first kappa shape index (κ1) is 23.2. The SMILES string of the molecule is CCCCCCOc1ccc(/C=C2\SC(=S)N(CCC(=O)O)C2=O)cc1OCC. The molecule has 0 unspecified atom stereocenters. The molecule has 0 saturated carbocycles. The summed E-state index contributed by atoms with van der Waals surface area (Å²) in [7, 11) is 0. The molecule has 8 heteroatoms. The molecule has 6 nitrogen and oxygen atoms in total. The molecule has 0 atom stereocenters. The van der Waals surface area contributed by atoms with Crippen LogP contribution < -0.4 is 9.47 Å². The zero-order valence-corrected chi connectivity index (χ0v) is 18.4. The maximum atomic E-state index is 12.5. The van der Waals surface area contributed by atoms with Gasteiger partial charge in [-0.1, -0.05) is 56.2 Å². The largest absolute Gasteiger partial charge is 0.490 e. The average molecular weight is 438 g/mol. The van der Waals surface area contributed by atoms with Crippen molar-refractivity contribution < 1.29 is 24.2 Å². The number of unbranched alkanes of at least 4 members (excludes halogenated alkanes) is 3. The molecule has 1 heterocycles. The van der Waals surface area contributed by atoms with Crippen LogP contribution >= 0.6 is 24.0 Å². The van der Waals surface area contributed by atoms with Crippen LogP contribution in [-0.4, -0.2) is 46.0 Å². The van der Waals surface area contributed by atoms with Crippen molar-refractivity contribution in [1.82, 2.24) is 4.90 Å². The lowest BCUT2D eigenvalue weighted by Gasteiger charge is -2.13. The van der Waals surface area contributed by atoms with E-state index in [-0.39, 0.29) is 18.9 Å². The van der Waals surface area contributed by atoms with Crippen molar-refractivity contribution in [2.45, 2.75) is 46.0 Å². The summed E-state index contributed by atoms with van der Waals surface area (Å²) in [5.41, 5.74) is 0.797. The summed E-state index contributed by atoms with van der Waals surface area (Å²) >= 11 is 6.40. The predicted molar refractivity (Wildman–Crippen MR) is 119 cm³/mol. The molecule has 1 aromatic carbocycles. The summed E-state index contributed by atoms with van der Waals surface area (Å²) < 4.78 is 11.9. The number of thioether (sulfide) groups is 1. The Kier molecular flexibility index (Phi) is 9.47. The number of ether oxygens (including phenoxy) is 2. The minimum absolute atomic E-state index is 0.0757. The van der Waals surface area contributed by atoms with E-state index in [9.17, 15) is 9.59 Å². The number of hydrogen-bond acceptors (Lipinski definition) is 6. The maximum Gasteiger partial charge on any atom is 0.305 e. The van der Waals surface area contributed by atoms with Crippen LogP contribution in [-0.2, 0) is 9.59 Å². The molecule has 0 aromatic heterocycles. The van der Waals surface area contributed by atoms with E-state index in [1.165, 1.54) is 29.5 Å². The van der Waals surface area contributed by atoms with Crippen LogP contribution in [0.4, 0.5) is 0 Å². The molecule has 2 rings (SSSR count). The molecule has 0 spiro atoms. The Labute approximate surface area is 181 Å². The summed E-state index contributed by atoms with van der Waals surface area (Å²) in [5.74, 6) is 0.0951. The van der Waals surface area contributed by atoms with Crippen LogP contribution in [0.3, 0.4) is 0 Å². The Morgan fingerprint density at radius 1 is 1.21 bits per heavy atom. The van der Waals surface area contributed by atoms with E-state index in [0.29, 0.717) is 33.9 Å². The lowest BCUT2D eigenvalue weighted by Crippen LogP contribution is -2.30. The zero-order valence-electron chi connectivity index (χ0n) is 16.8. The minimum Gasteiger partial charge on any atom is -0.490 e. The Morgan fingerprint density at radius 2 is 2.00 bits per heavy atom. The highest BCUT2D eigenvalue weighted by Gasteiger charge is 2.32. The van der Waals surface area contributed by atoms with Gasteiger partial charge in [0.15, 0.2) is 11.5 Å². The number of hydrogen-bond donors (Lipinski definition) is 1. The van der Waals surface area contributed by atoms with Crippen LogP contribution in [0.15, 0.2) is 23.1 Å². The monoisotopic (exact) mass is 437 g/mol. The Hall–Kier alpha value is -2.06. The Morgan fingerprint density at radius 3 is 2.69 bits per heavy atom. The number of carboxylic acid groups (broad SMARTS) is 1. The van der Waals surface area contributed by atoms with E-state index in [1.807, 2.05) is 25.1 Å². The van der Waals surface area contributed by atoms with Crippen LogP contribution in [0.25, 0.3) is 6.08 Å². The van der Waals surface area contributed by atoms with Gasteiger partial charge in [-0.2, -0.15) is 0 Å². The van der Waals surface area contributed by atoms with Gasteiger partial charge in [-0.25, -0.2) is 0 Å². The fourth-order valence-corrected chi connectivity index (χ4v) is 4.07. The molecule has 158 valence electrons. The highest BCUT2D eigenvalue weighted by Crippen LogP contribution is 2.35. The fraction of sp³-hybridized carbons (Fsp3) is 0.476. The van der Waals surface area contributed by atoms with E-state index in [2.05, 4.69) is 6.92 Å². The second-order valence-corrected chi connectivity index (χ2v) is 8.20. The van der Waals surface area contributed by atoms with E-state index in [4.69, 9.17) is 26.8 Å². The Balaban J connectivity index is 2.09. The summed E-state index contributed by atoms with van der Waals surface area (Å²) in [6, 6.07) is 5.56. The first-order valence-corrected chi connectivity index (χ1v) is 11.1. The van der Waals surface area contributed by atoms with Crippen molar-refractivity contribution in [2.24, 2.45) is 0 Å². The number of thiocarbonyl (C=S) groups is 1. The molecule has 1 saturated heterocycles. The number of carbonyl (C=O) groups excluding carboxylic acids is 1. The van der Waals surface area contributed by atoms with Crippen LogP contribution in [0.5, 0.6) is 11.5 Å². The van der Waals surface area contributed by atoms with Gasteiger partial charge in [-0.05, 0) is 37.1 Å². The number of nitrogens with zero attached hydrogens (tertiary/aromatic N) is 1. The van der Waals surface area contributed by atoms with Gasteiger partial charge >= 0.3 is 5.97 Å². The lowest BCUT2D eigenvalue weighted by molar-refractivity contribution is -0.137. The van der Waals surface area contributed by atoms with Gasteiger partial charge in [0.25, 0.3) is 5.91 Å². The van der Waals surface area contributed by atoms with E-state index < -0.39 is 5.97 Å². The lowest BCUT2D eigenvalue weighted by atomic mass is 10.1. The molecular formula is C21H27NO5S2. The topological polar surface area (TPSA) is 76.1 Å². The van der Waals surface area contributed by atoms with Crippen molar-refractivity contribution in [3.05, 3.63) is 28.7 Å². The molecule has 1 amide bonds. The molecule has 1 N–H and O–H groups in total. The molecule has 29 heavy (non-hydrogen) atoms. The van der Waals surface area contributed by atoms with Gasteiger partial charge in [0.05, 0.1) is 24.5 Å². The molecule has 1 aliphatic heterocycles. The van der Waals surface area contributed by atoms with Crippen molar-refractivity contribution >= 4 is 46.3 Å². The zero-order chi connectivity index (χ0) is 21.2. The maximum absolute atomic E-state index is 12.5. The summed E-state index contributed by atoms with van der Waals surface area (Å²) in [6.07, 6.45) is 6.13. The van der Waals surface area contributed by atoms with Gasteiger partial charge in [-0.3, -0.25) is 14.5 Å². The van der Waals surface area contributed by atoms with Crippen molar-refractivity contribution in [3.63, 3.8) is 0 Å². The third-order valence-corrected chi connectivity index (χ3v) is 5.62. The van der Waals surface area contributed by atoms with Gasteiger partial charge in [-0.15, -0.1) is 0 Å². The average Bonchev–Trinajstić information content (AvgIpc) is 2.94. The molecule has 0 radical (unpaired) electrons. The van der Waals surface area contributed by atoms with Crippen molar-refractivity contribution in [1.29, 1.82) is 0 Å². The first-order valence-electron chi connectivity index (χ1n) is 9.83. The molecule has 1 fully saturated rings. The van der Waals surface area contributed by atoms with Gasteiger partial charge in [0.2, 0.25) is 0 Å². The molecular weight excluding hydrogens is 410 g/mol. The Bertz CT molecular complexity index is 778. The number of aliphatic carboxylic acids is 1. The number of carbonyl (C=O) groups is 2. The summed E-state index contributed by atoms with van der Waals surface area (Å²) in [5, 5.41) is 8.83. The van der Waals surface area contributed by atoms with Crippen LogP contribution in [0, 0.1) is 0 Å². The van der Waals surface area contributed by atoms with Gasteiger partial charge in [0, 0.05) is 6.54 Å². The molecule has 0 bridgehead atoms. The number of benzene rings is 1. The van der Waals surface area contributed by atoms with Gasteiger partial charge in [0.1, 0.15) is 4.32 Å². The van der Waals surface area contributed by atoms with E-state index in [1.54, 1.807) is 6.08 Å². The van der Waals surface area contributed by atoms with E-state index in [0.717, 1.165) is 18.4 Å². The van der Waals surface area contributed by atoms with Crippen LogP contribution in [0.2, 0.25) is 0 Å². The third-order valence-electron chi connectivity index (χ3n) is 4.24. The van der Waals surface area contributed by atoms with Crippen molar-refractivity contribution in [3.8, 4) is 11.5 Å². The predicted octanol–water partition coefficient (Wildman–Crippen LogP) is 4.72. The molecule has 1 aromatic rings. The van der Waals surface area contributed by atoms with Gasteiger partial charge < -0.3 is 14.6 Å². The summed E-state index contributed by atoms with van der Waals surface area (Å²) in [6.45, 7) is 5.30. The number of amides is 1. The first-order chi connectivity index (χ1) is 14.0. The fourth-order valence-electron chi connectivity index (χ4n) is 2.76. The number of carboxylic acids is 1.